The van der Waals surface area contributed by atoms with Gasteiger partial charge in [0.25, 0.3) is 0 Å². The van der Waals surface area contributed by atoms with Gasteiger partial charge in [-0.1, -0.05) is 18.9 Å². The maximum absolute atomic E-state index is 13.8. The summed E-state index contributed by atoms with van der Waals surface area (Å²) in [6.07, 6.45) is 4.64. The first-order chi connectivity index (χ1) is 8.77. The van der Waals surface area contributed by atoms with Gasteiger partial charge in [0, 0.05) is 30.4 Å². The molecule has 0 saturated heterocycles. The fraction of sp³-hybridized carbons (Fsp3) is 0.571. The normalized spacial score (nSPS) is 16.2. The van der Waals surface area contributed by atoms with Crippen molar-refractivity contribution in [2.75, 3.05) is 18.1 Å². The molecular formula is C14H21FN2O. The number of anilines is 1. The van der Waals surface area contributed by atoms with Crippen molar-refractivity contribution in [3.05, 3.63) is 29.6 Å². The molecule has 0 heterocycles. The zero-order chi connectivity index (χ0) is 13.0. The molecule has 0 aliphatic heterocycles. The minimum atomic E-state index is -0.254. The van der Waals surface area contributed by atoms with Gasteiger partial charge in [-0.25, -0.2) is 4.39 Å². The van der Waals surface area contributed by atoms with Crippen LogP contribution in [-0.2, 0) is 6.54 Å². The van der Waals surface area contributed by atoms with Crippen molar-refractivity contribution in [2.45, 2.75) is 38.3 Å². The molecule has 4 heteroatoms. The van der Waals surface area contributed by atoms with Crippen molar-refractivity contribution in [3.8, 4) is 0 Å². The third-order valence-electron chi connectivity index (χ3n) is 3.71. The topological polar surface area (TPSA) is 49.5 Å². The molecule has 18 heavy (non-hydrogen) atoms. The number of hydrogen-bond acceptors (Lipinski definition) is 3. The molecule has 1 aliphatic carbocycles. The Morgan fingerprint density at radius 3 is 2.67 bits per heavy atom. The summed E-state index contributed by atoms with van der Waals surface area (Å²) in [4.78, 5) is 2.12. The second kappa shape index (κ2) is 6.16. The molecule has 1 aliphatic rings. The molecule has 1 aromatic rings. The standard InChI is InChI=1S/C14H21FN2O/c15-13-6-3-7-14(12(13)10-16)17(8-9-18)11-4-1-2-5-11/h3,6-7,11,18H,1-2,4-5,8-10,16H2. The first-order valence-electron chi connectivity index (χ1n) is 6.63. The number of nitrogens with zero attached hydrogens (tertiary/aromatic N) is 1. The lowest BCUT2D eigenvalue weighted by molar-refractivity contribution is 0.297. The lowest BCUT2D eigenvalue weighted by Crippen LogP contribution is -2.36. The number of benzene rings is 1. The fourth-order valence-corrected chi connectivity index (χ4v) is 2.84. The molecule has 3 N–H and O–H groups in total. The predicted molar refractivity (Wildman–Crippen MR) is 71.0 cm³/mol. The fourth-order valence-electron chi connectivity index (χ4n) is 2.84. The Morgan fingerprint density at radius 1 is 1.33 bits per heavy atom. The highest BCUT2D eigenvalue weighted by Crippen LogP contribution is 2.31. The van der Waals surface area contributed by atoms with Gasteiger partial charge in [-0.05, 0) is 25.0 Å². The van der Waals surface area contributed by atoms with Gasteiger partial charge >= 0.3 is 0 Å². The van der Waals surface area contributed by atoms with Crippen LogP contribution in [0.25, 0.3) is 0 Å². The molecule has 100 valence electrons. The molecule has 3 nitrogen and oxygen atoms in total. The van der Waals surface area contributed by atoms with E-state index in [1.54, 1.807) is 6.07 Å². The molecule has 0 bridgehead atoms. The predicted octanol–water partition coefficient (Wildman–Crippen LogP) is 2.03. The molecular weight excluding hydrogens is 231 g/mol. The van der Waals surface area contributed by atoms with Gasteiger partial charge in [-0.2, -0.15) is 0 Å². The van der Waals surface area contributed by atoms with Gasteiger partial charge in [0.15, 0.2) is 0 Å². The van der Waals surface area contributed by atoms with Gasteiger partial charge in [0.1, 0.15) is 5.82 Å². The van der Waals surface area contributed by atoms with Crippen molar-refractivity contribution in [2.24, 2.45) is 5.73 Å². The van der Waals surface area contributed by atoms with E-state index >= 15 is 0 Å². The minimum Gasteiger partial charge on any atom is -0.395 e. The van der Waals surface area contributed by atoms with Crippen LogP contribution in [0.5, 0.6) is 0 Å². The molecule has 0 atom stereocenters. The summed E-state index contributed by atoms with van der Waals surface area (Å²) >= 11 is 0. The van der Waals surface area contributed by atoms with E-state index in [0.29, 0.717) is 18.2 Å². The summed E-state index contributed by atoms with van der Waals surface area (Å²) in [5.41, 5.74) is 7.05. The van der Waals surface area contributed by atoms with E-state index in [9.17, 15) is 9.50 Å². The molecule has 0 radical (unpaired) electrons. The van der Waals surface area contributed by atoms with Crippen LogP contribution < -0.4 is 10.6 Å². The van der Waals surface area contributed by atoms with Crippen LogP contribution in [-0.4, -0.2) is 24.3 Å². The second-order valence-corrected chi connectivity index (χ2v) is 4.80. The highest BCUT2D eigenvalue weighted by atomic mass is 19.1. The average Bonchev–Trinajstić information content (AvgIpc) is 2.89. The first kappa shape index (κ1) is 13.3. The zero-order valence-electron chi connectivity index (χ0n) is 10.6. The van der Waals surface area contributed by atoms with Crippen LogP contribution in [0.4, 0.5) is 10.1 Å². The number of rotatable bonds is 5. The Kier molecular flexibility index (Phi) is 4.55. The van der Waals surface area contributed by atoms with Gasteiger partial charge < -0.3 is 15.7 Å². The van der Waals surface area contributed by atoms with Crippen LogP contribution in [0.1, 0.15) is 31.2 Å². The maximum atomic E-state index is 13.8. The number of hydrogen-bond donors (Lipinski definition) is 2. The Balaban J connectivity index is 2.32. The smallest absolute Gasteiger partial charge is 0.129 e. The number of aliphatic hydroxyl groups is 1. The zero-order valence-corrected chi connectivity index (χ0v) is 10.6. The summed E-state index contributed by atoms with van der Waals surface area (Å²) in [7, 11) is 0. The van der Waals surface area contributed by atoms with Crippen molar-refractivity contribution in [3.63, 3.8) is 0 Å². The van der Waals surface area contributed by atoms with Gasteiger partial charge in [0.2, 0.25) is 0 Å². The van der Waals surface area contributed by atoms with Crippen molar-refractivity contribution in [1.82, 2.24) is 0 Å². The van der Waals surface area contributed by atoms with Gasteiger partial charge in [-0.15, -0.1) is 0 Å². The van der Waals surface area contributed by atoms with Crippen LogP contribution in [0.2, 0.25) is 0 Å². The molecule has 1 fully saturated rings. The Hall–Kier alpha value is -1.13. The van der Waals surface area contributed by atoms with Crippen LogP contribution in [0.3, 0.4) is 0 Å². The van der Waals surface area contributed by atoms with E-state index in [2.05, 4.69) is 4.90 Å². The van der Waals surface area contributed by atoms with E-state index in [1.165, 1.54) is 18.9 Å². The Bertz CT molecular complexity index is 391. The van der Waals surface area contributed by atoms with E-state index in [1.807, 2.05) is 6.07 Å². The van der Waals surface area contributed by atoms with Crippen LogP contribution >= 0.6 is 0 Å². The molecule has 1 aromatic carbocycles. The van der Waals surface area contributed by atoms with E-state index < -0.39 is 0 Å². The van der Waals surface area contributed by atoms with E-state index in [4.69, 9.17) is 5.73 Å². The first-order valence-corrected chi connectivity index (χ1v) is 6.63. The van der Waals surface area contributed by atoms with Gasteiger partial charge in [-0.3, -0.25) is 0 Å². The molecule has 0 aromatic heterocycles. The molecule has 0 spiro atoms. The molecule has 1 saturated carbocycles. The molecule has 0 unspecified atom stereocenters. The van der Waals surface area contributed by atoms with Crippen molar-refractivity contribution >= 4 is 5.69 Å². The lowest BCUT2D eigenvalue weighted by atomic mass is 10.1. The quantitative estimate of drug-likeness (QED) is 0.843. The second-order valence-electron chi connectivity index (χ2n) is 4.80. The third kappa shape index (κ3) is 2.65. The highest BCUT2D eigenvalue weighted by Gasteiger charge is 2.24. The maximum Gasteiger partial charge on any atom is 0.129 e. The van der Waals surface area contributed by atoms with Crippen LogP contribution in [0, 0.1) is 5.82 Å². The van der Waals surface area contributed by atoms with E-state index in [0.717, 1.165) is 18.5 Å². The lowest BCUT2D eigenvalue weighted by Gasteiger charge is -2.32. The molecule has 0 amide bonds. The number of aliphatic hydroxyl groups excluding tert-OH is 1. The summed E-state index contributed by atoms with van der Waals surface area (Å²) in [6.45, 7) is 0.814. The number of nitrogens with two attached hydrogens (primary N) is 1. The average molecular weight is 252 g/mol. The summed E-state index contributed by atoms with van der Waals surface area (Å²) in [5, 5.41) is 9.22. The monoisotopic (exact) mass is 252 g/mol. The third-order valence-corrected chi connectivity index (χ3v) is 3.71. The summed E-state index contributed by atoms with van der Waals surface area (Å²) in [5.74, 6) is -0.254. The Labute approximate surface area is 107 Å². The van der Waals surface area contributed by atoms with E-state index in [-0.39, 0.29) is 19.0 Å². The SMILES string of the molecule is NCc1c(F)cccc1N(CCO)C1CCCC1. The summed E-state index contributed by atoms with van der Waals surface area (Å²) < 4.78 is 13.8. The van der Waals surface area contributed by atoms with Crippen molar-refractivity contribution in [1.29, 1.82) is 0 Å². The molecule has 2 rings (SSSR count). The number of halogens is 1. The minimum absolute atomic E-state index is 0.0804. The Morgan fingerprint density at radius 2 is 2.06 bits per heavy atom. The van der Waals surface area contributed by atoms with Crippen LogP contribution in [0.15, 0.2) is 18.2 Å². The largest absolute Gasteiger partial charge is 0.395 e. The van der Waals surface area contributed by atoms with Gasteiger partial charge in [0.05, 0.1) is 6.61 Å². The van der Waals surface area contributed by atoms with Crippen molar-refractivity contribution < 1.29 is 9.50 Å². The highest BCUT2D eigenvalue weighted by molar-refractivity contribution is 5.55. The summed E-state index contributed by atoms with van der Waals surface area (Å²) in [6, 6.07) is 5.46.